The number of methoxy groups -OCH3 is 1. The van der Waals surface area contributed by atoms with Crippen LogP contribution >= 0.6 is 22.9 Å². The Balaban J connectivity index is 1.49. The molecule has 31 heavy (non-hydrogen) atoms. The lowest BCUT2D eigenvalue weighted by Gasteiger charge is -2.04. The monoisotopic (exact) mass is 455 g/mol. The van der Waals surface area contributed by atoms with Crippen LogP contribution in [0.25, 0.3) is 16.9 Å². The van der Waals surface area contributed by atoms with Gasteiger partial charge < -0.3 is 4.74 Å². The number of carbonyl (C=O) groups excluding carboxylic acids is 1. The summed E-state index contributed by atoms with van der Waals surface area (Å²) in [4.78, 5) is 27.4. The summed E-state index contributed by atoms with van der Waals surface area (Å²) in [6.07, 6.45) is 1.56. The van der Waals surface area contributed by atoms with E-state index in [1.807, 2.05) is 6.07 Å². The maximum Gasteiger partial charge on any atom is 0.277 e. The SMILES string of the molecule is COc1ccc(-c2csc(NC(=O)c3ccn(-c4cccc([N+](=O)[O-])c4)n3)n2)cc1Cl. The number of nitrogens with one attached hydrogen (secondary N) is 1. The van der Waals surface area contributed by atoms with Crippen LogP contribution in [0.4, 0.5) is 10.8 Å². The lowest BCUT2D eigenvalue weighted by Crippen LogP contribution is -2.13. The Morgan fingerprint density at radius 1 is 1.26 bits per heavy atom. The molecule has 0 aliphatic heterocycles. The van der Waals surface area contributed by atoms with Gasteiger partial charge in [0.1, 0.15) is 5.75 Å². The highest BCUT2D eigenvalue weighted by molar-refractivity contribution is 7.14. The van der Waals surface area contributed by atoms with Gasteiger partial charge in [0.25, 0.3) is 11.6 Å². The highest BCUT2D eigenvalue weighted by Gasteiger charge is 2.15. The third kappa shape index (κ3) is 4.39. The van der Waals surface area contributed by atoms with Crippen LogP contribution in [0.2, 0.25) is 5.02 Å². The Kier molecular flexibility index (Phi) is 5.65. The minimum atomic E-state index is -0.489. The standard InChI is InChI=1S/C20H14ClN5O4S/c1-30-18-6-5-12(9-15(18)21)17-11-31-20(22-17)23-19(27)16-7-8-25(24-16)13-3-2-4-14(10-13)26(28)29/h2-11H,1H3,(H,22,23,27). The fraction of sp³-hybridized carbons (Fsp3) is 0.0500. The van der Waals surface area contributed by atoms with Crippen LogP contribution in [0.15, 0.2) is 60.1 Å². The van der Waals surface area contributed by atoms with Crippen LogP contribution in [-0.4, -0.2) is 32.7 Å². The first-order chi connectivity index (χ1) is 14.9. The summed E-state index contributed by atoms with van der Waals surface area (Å²) in [5.74, 6) is 0.117. The minimum Gasteiger partial charge on any atom is -0.495 e. The molecule has 1 N–H and O–H groups in total. The van der Waals surface area contributed by atoms with E-state index in [9.17, 15) is 14.9 Å². The number of non-ortho nitro benzene ring substituents is 1. The highest BCUT2D eigenvalue weighted by Crippen LogP contribution is 2.31. The molecule has 0 fully saturated rings. The van der Waals surface area contributed by atoms with E-state index in [2.05, 4.69) is 15.4 Å². The number of carbonyl (C=O) groups is 1. The van der Waals surface area contributed by atoms with Crippen molar-refractivity contribution in [2.24, 2.45) is 0 Å². The minimum absolute atomic E-state index is 0.0621. The van der Waals surface area contributed by atoms with Gasteiger partial charge in [-0.25, -0.2) is 9.67 Å². The van der Waals surface area contributed by atoms with Gasteiger partial charge in [-0.15, -0.1) is 11.3 Å². The van der Waals surface area contributed by atoms with E-state index in [0.29, 0.717) is 27.3 Å². The van der Waals surface area contributed by atoms with Crippen LogP contribution in [0.5, 0.6) is 5.75 Å². The first-order valence-electron chi connectivity index (χ1n) is 8.86. The van der Waals surface area contributed by atoms with Crippen molar-refractivity contribution in [2.45, 2.75) is 0 Å². The van der Waals surface area contributed by atoms with E-state index in [-0.39, 0.29) is 11.4 Å². The van der Waals surface area contributed by atoms with Gasteiger partial charge in [-0.05, 0) is 30.3 Å². The van der Waals surface area contributed by atoms with E-state index >= 15 is 0 Å². The Hall–Kier alpha value is -3.76. The molecule has 1 amide bonds. The van der Waals surface area contributed by atoms with Gasteiger partial charge in [0.05, 0.1) is 28.4 Å². The molecule has 156 valence electrons. The quantitative estimate of drug-likeness (QED) is 0.329. The molecule has 0 atom stereocenters. The van der Waals surface area contributed by atoms with Crippen LogP contribution in [0.1, 0.15) is 10.5 Å². The fourth-order valence-corrected chi connectivity index (χ4v) is 3.76. The first kappa shape index (κ1) is 20.5. The Bertz CT molecular complexity index is 1290. The molecule has 0 unspecified atom stereocenters. The first-order valence-corrected chi connectivity index (χ1v) is 10.1. The smallest absolute Gasteiger partial charge is 0.277 e. The molecule has 0 aliphatic rings. The number of thiazole rings is 1. The number of ether oxygens (including phenoxy) is 1. The van der Waals surface area contributed by atoms with Crippen molar-refractivity contribution in [3.63, 3.8) is 0 Å². The number of benzene rings is 2. The molecular weight excluding hydrogens is 442 g/mol. The van der Waals surface area contributed by atoms with Gasteiger partial charge in [0.15, 0.2) is 10.8 Å². The maximum atomic E-state index is 12.6. The molecule has 0 bridgehead atoms. The van der Waals surface area contributed by atoms with Crippen molar-refractivity contribution in [3.8, 4) is 22.7 Å². The van der Waals surface area contributed by atoms with Gasteiger partial charge in [0, 0.05) is 29.3 Å². The molecular formula is C20H14ClN5O4S. The zero-order valence-corrected chi connectivity index (χ0v) is 17.6. The fourth-order valence-electron chi connectivity index (χ4n) is 2.79. The van der Waals surface area contributed by atoms with Gasteiger partial charge >= 0.3 is 0 Å². The molecule has 0 radical (unpaired) electrons. The zero-order valence-electron chi connectivity index (χ0n) is 16.0. The average Bonchev–Trinajstić information content (AvgIpc) is 3.44. The van der Waals surface area contributed by atoms with Crippen molar-refractivity contribution in [3.05, 3.63) is 80.9 Å². The predicted molar refractivity (Wildman–Crippen MR) is 117 cm³/mol. The number of aromatic nitrogens is 3. The number of rotatable bonds is 6. The molecule has 2 aromatic heterocycles. The summed E-state index contributed by atoms with van der Waals surface area (Å²) in [5, 5.41) is 20.5. The van der Waals surface area contributed by atoms with Crippen LogP contribution in [0.3, 0.4) is 0 Å². The van der Waals surface area contributed by atoms with Crippen LogP contribution < -0.4 is 10.1 Å². The lowest BCUT2D eigenvalue weighted by atomic mass is 10.2. The number of hydrogen-bond donors (Lipinski definition) is 1. The second kappa shape index (κ2) is 8.54. The number of anilines is 1. The summed E-state index contributed by atoms with van der Waals surface area (Å²) in [6, 6.07) is 12.8. The zero-order chi connectivity index (χ0) is 22.0. The van der Waals surface area contributed by atoms with E-state index < -0.39 is 10.8 Å². The van der Waals surface area contributed by atoms with E-state index in [1.54, 1.807) is 35.8 Å². The van der Waals surface area contributed by atoms with Gasteiger partial charge in [-0.2, -0.15) is 5.10 Å². The Morgan fingerprint density at radius 3 is 2.84 bits per heavy atom. The summed E-state index contributed by atoms with van der Waals surface area (Å²) in [5.41, 5.74) is 2.01. The number of amides is 1. The van der Waals surface area contributed by atoms with E-state index in [0.717, 1.165) is 5.56 Å². The second-order valence-corrected chi connectivity index (χ2v) is 7.53. The van der Waals surface area contributed by atoms with Crippen molar-refractivity contribution < 1.29 is 14.5 Å². The topological polar surface area (TPSA) is 112 Å². The molecule has 0 saturated carbocycles. The molecule has 4 rings (SSSR count). The summed E-state index contributed by atoms with van der Waals surface area (Å²) in [6.45, 7) is 0. The van der Waals surface area contributed by atoms with Crippen LogP contribution in [-0.2, 0) is 0 Å². The molecule has 9 nitrogen and oxygen atoms in total. The Morgan fingerprint density at radius 2 is 2.10 bits per heavy atom. The number of nitrogens with zero attached hydrogens (tertiary/aromatic N) is 4. The molecule has 0 aliphatic carbocycles. The maximum absolute atomic E-state index is 12.6. The summed E-state index contributed by atoms with van der Waals surface area (Å²) in [7, 11) is 1.54. The van der Waals surface area contributed by atoms with Gasteiger partial charge in [-0.3, -0.25) is 20.2 Å². The van der Waals surface area contributed by atoms with Crippen molar-refractivity contribution in [1.29, 1.82) is 0 Å². The third-order valence-corrected chi connectivity index (χ3v) is 5.35. The molecule has 0 saturated heterocycles. The molecule has 2 heterocycles. The molecule has 11 heteroatoms. The predicted octanol–water partition coefficient (Wildman–Crippen LogP) is 4.82. The second-order valence-electron chi connectivity index (χ2n) is 6.26. The number of nitro groups is 1. The van der Waals surface area contributed by atoms with Gasteiger partial charge in [-0.1, -0.05) is 17.7 Å². The average molecular weight is 456 g/mol. The largest absolute Gasteiger partial charge is 0.495 e. The van der Waals surface area contributed by atoms with Gasteiger partial charge in [0.2, 0.25) is 0 Å². The molecule has 4 aromatic rings. The summed E-state index contributed by atoms with van der Waals surface area (Å²) >= 11 is 7.43. The van der Waals surface area contributed by atoms with Crippen molar-refractivity contribution >= 4 is 39.7 Å². The summed E-state index contributed by atoms with van der Waals surface area (Å²) < 4.78 is 6.54. The number of halogens is 1. The van der Waals surface area contributed by atoms with E-state index in [1.165, 1.54) is 41.3 Å². The van der Waals surface area contributed by atoms with Crippen molar-refractivity contribution in [1.82, 2.24) is 14.8 Å². The lowest BCUT2D eigenvalue weighted by molar-refractivity contribution is -0.384. The number of hydrogen-bond acceptors (Lipinski definition) is 7. The highest BCUT2D eigenvalue weighted by atomic mass is 35.5. The third-order valence-electron chi connectivity index (χ3n) is 4.30. The number of nitro benzene ring substituents is 1. The Labute approximate surface area is 185 Å². The molecule has 2 aromatic carbocycles. The molecule has 0 spiro atoms. The normalized spacial score (nSPS) is 10.6. The van der Waals surface area contributed by atoms with Crippen LogP contribution in [0, 0.1) is 10.1 Å². The van der Waals surface area contributed by atoms with Crippen molar-refractivity contribution in [2.75, 3.05) is 12.4 Å². The van der Waals surface area contributed by atoms with E-state index in [4.69, 9.17) is 16.3 Å².